The quantitative estimate of drug-likeness (QED) is 0.693. The van der Waals surface area contributed by atoms with Crippen LogP contribution in [0.4, 0.5) is 0 Å². The molecule has 0 spiro atoms. The summed E-state index contributed by atoms with van der Waals surface area (Å²) in [5, 5.41) is 6.07. The van der Waals surface area contributed by atoms with Gasteiger partial charge in [0.1, 0.15) is 6.33 Å². The van der Waals surface area contributed by atoms with E-state index >= 15 is 0 Å². The van der Waals surface area contributed by atoms with Gasteiger partial charge in [-0.05, 0) is 5.92 Å². The van der Waals surface area contributed by atoms with E-state index in [4.69, 9.17) is 0 Å². The Morgan fingerprint density at radius 2 is 2.31 bits per heavy atom. The van der Waals surface area contributed by atoms with Crippen molar-refractivity contribution in [1.29, 1.82) is 0 Å². The molecule has 5 nitrogen and oxygen atoms in total. The van der Waals surface area contributed by atoms with Gasteiger partial charge < -0.3 is 0 Å². The highest BCUT2D eigenvalue weighted by Crippen LogP contribution is 2.15. The lowest BCUT2D eigenvalue weighted by Gasteiger charge is -1.99. The minimum Gasteiger partial charge on any atom is -0.248 e. The normalized spacial score (nSPS) is 11.3. The van der Waals surface area contributed by atoms with E-state index in [1.54, 1.807) is 6.20 Å². The number of hydrogen-bond acceptors (Lipinski definition) is 3. The zero-order chi connectivity index (χ0) is 9.42. The summed E-state index contributed by atoms with van der Waals surface area (Å²) < 4.78 is 1.46. The monoisotopic (exact) mass is 178 g/mol. The number of H-pyrrole nitrogens is 1. The Kier molecular flexibility index (Phi) is 1.65. The zero-order valence-electron chi connectivity index (χ0n) is 7.48. The Balaban J connectivity index is 2.83. The first-order valence-corrected chi connectivity index (χ1v) is 4.11. The van der Waals surface area contributed by atoms with Crippen LogP contribution in [0.3, 0.4) is 0 Å². The highest BCUT2D eigenvalue weighted by atomic mass is 16.1. The van der Waals surface area contributed by atoms with Gasteiger partial charge in [0.2, 0.25) is 0 Å². The molecule has 2 rings (SSSR count). The third kappa shape index (κ3) is 1.12. The molecule has 0 aliphatic heterocycles. The van der Waals surface area contributed by atoms with E-state index in [0.717, 1.165) is 11.2 Å². The van der Waals surface area contributed by atoms with Crippen molar-refractivity contribution in [1.82, 2.24) is 19.6 Å². The van der Waals surface area contributed by atoms with Gasteiger partial charge >= 0.3 is 5.69 Å². The first-order valence-electron chi connectivity index (χ1n) is 4.11. The summed E-state index contributed by atoms with van der Waals surface area (Å²) in [6, 6.07) is 0. The molecule has 2 aromatic rings. The summed E-state index contributed by atoms with van der Waals surface area (Å²) in [6.07, 6.45) is 3.13. The maximum Gasteiger partial charge on any atom is 0.347 e. The molecule has 2 aromatic heterocycles. The summed E-state index contributed by atoms with van der Waals surface area (Å²) in [6.45, 7) is 4.06. The fourth-order valence-electron chi connectivity index (χ4n) is 1.31. The van der Waals surface area contributed by atoms with E-state index in [9.17, 15) is 4.79 Å². The molecule has 13 heavy (non-hydrogen) atoms. The summed E-state index contributed by atoms with van der Waals surface area (Å²) in [5.74, 6) is 0.300. The first-order chi connectivity index (χ1) is 6.20. The number of nitrogens with zero attached hydrogens (tertiary/aromatic N) is 3. The van der Waals surface area contributed by atoms with Crippen LogP contribution >= 0.6 is 0 Å². The van der Waals surface area contributed by atoms with Crippen molar-refractivity contribution >= 4 is 5.52 Å². The van der Waals surface area contributed by atoms with Crippen molar-refractivity contribution in [2.24, 2.45) is 0 Å². The van der Waals surface area contributed by atoms with Crippen molar-refractivity contribution in [3.05, 3.63) is 28.7 Å². The predicted molar refractivity (Wildman–Crippen MR) is 47.7 cm³/mol. The Labute approximate surface area is 74.4 Å². The lowest BCUT2D eigenvalue weighted by Crippen LogP contribution is -2.16. The number of aromatic nitrogens is 4. The van der Waals surface area contributed by atoms with Gasteiger partial charge in [0, 0.05) is 0 Å². The molecule has 1 N–H and O–H groups in total. The number of hydrogen-bond donors (Lipinski definition) is 1. The Bertz CT molecular complexity index is 482. The van der Waals surface area contributed by atoms with Gasteiger partial charge in [-0.15, -0.1) is 0 Å². The molecule has 0 unspecified atom stereocenters. The van der Waals surface area contributed by atoms with Crippen LogP contribution < -0.4 is 5.69 Å². The minimum absolute atomic E-state index is 0.253. The van der Waals surface area contributed by atoms with Crippen LogP contribution in [0.1, 0.15) is 25.5 Å². The molecular formula is C8H10N4O. The molecule has 0 saturated carbocycles. The minimum atomic E-state index is -0.253. The number of rotatable bonds is 1. The van der Waals surface area contributed by atoms with Gasteiger partial charge in [-0.3, -0.25) is 0 Å². The SMILES string of the molecule is CC(C)c1ncn2c(=O)[nH]ncc12. The average Bonchev–Trinajstić information content (AvgIpc) is 2.48. The molecule has 0 bridgehead atoms. The van der Waals surface area contributed by atoms with Gasteiger partial charge in [0.15, 0.2) is 0 Å². The van der Waals surface area contributed by atoms with E-state index in [2.05, 4.69) is 15.2 Å². The van der Waals surface area contributed by atoms with Crippen molar-refractivity contribution in [3.63, 3.8) is 0 Å². The second kappa shape index (κ2) is 2.69. The van der Waals surface area contributed by atoms with E-state index in [0.29, 0.717) is 5.92 Å². The van der Waals surface area contributed by atoms with Crippen LogP contribution in [0.5, 0.6) is 0 Å². The summed E-state index contributed by atoms with van der Waals surface area (Å²) in [7, 11) is 0. The fraction of sp³-hybridized carbons (Fsp3) is 0.375. The summed E-state index contributed by atoms with van der Waals surface area (Å²) in [4.78, 5) is 15.4. The van der Waals surface area contributed by atoms with Crippen LogP contribution in [0.25, 0.3) is 5.52 Å². The van der Waals surface area contributed by atoms with E-state index < -0.39 is 0 Å². The molecule has 0 aromatic carbocycles. The molecule has 5 heteroatoms. The molecule has 0 radical (unpaired) electrons. The number of imidazole rings is 1. The van der Waals surface area contributed by atoms with Crippen LogP contribution in [0.2, 0.25) is 0 Å². The topological polar surface area (TPSA) is 63.1 Å². The molecule has 0 aliphatic carbocycles. The molecule has 0 fully saturated rings. The van der Waals surface area contributed by atoms with Crippen molar-refractivity contribution in [3.8, 4) is 0 Å². The van der Waals surface area contributed by atoms with Crippen molar-refractivity contribution < 1.29 is 0 Å². The molecule has 0 atom stereocenters. The molecule has 0 aliphatic rings. The van der Waals surface area contributed by atoms with Crippen LogP contribution in [-0.4, -0.2) is 19.6 Å². The lowest BCUT2D eigenvalue weighted by atomic mass is 10.1. The second-order valence-electron chi connectivity index (χ2n) is 3.21. The second-order valence-corrected chi connectivity index (χ2v) is 3.21. The molecular weight excluding hydrogens is 168 g/mol. The fourth-order valence-corrected chi connectivity index (χ4v) is 1.31. The Morgan fingerprint density at radius 1 is 1.54 bits per heavy atom. The highest BCUT2D eigenvalue weighted by Gasteiger charge is 2.09. The van der Waals surface area contributed by atoms with Gasteiger partial charge in [0.25, 0.3) is 0 Å². The maximum atomic E-state index is 11.2. The average molecular weight is 178 g/mol. The van der Waals surface area contributed by atoms with Gasteiger partial charge in [-0.1, -0.05) is 13.8 Å². The van der Waals surface area contributed by atoms with Crippen LogP contribution in [-0.2, 0) is 0 Å². The summed E-state index contributed by atoms with van der Waals surface area (Å²) in [5.41, 5.74) is 1.43. The molecule has 0 saturated heterocycles. The third-order valence-corrected chi connectivity index (χ3v) is 1.95. The van der Waals surface area contributed by atoms with Gasteiger partial charge in [-0.2, -0.15) is 5.10 Å². The lowest BCUT2D eigenvalue weighted by molar-refractivity contribution is 0.838. The molecule has 2 heterocycles. The van der Waals surface area contributed by atoms with Gasteiger partial charge in [0.05, 0.1) is 17.4 Å². The number of nitrogens with one attached hydrogen (secondary N) is 1. The Morgan fingerprint density at radius 3 is 3.00 bits per heavy atom. The predicted octanol–water partition coefficient (Wildman–Crippen LogP) is 0.541. The first kappa shape index (κ1) is 7.97. The van der Waals surface area contributed by atoms with E-state index in [1.807, 2.05) is 13.8 Å². The largest absolute Gasteiger partial charge is 0.347 e. The highest BCUT2D eigenvalue weighted by molar-refractivity contribution is 5.50. The van der Waals surface area contributed by atoms with Crippen molar-refractivity contribution in [2.45, 2.75) is 19.8 Å². The smallest absolute Gasteiger partial charge is 0.248 e. The molecule has 0 amide bonds. The summed E-state index contributed by atoms with van der Waals surface area (Å²) >= 11 is 0. The standard InChI is InChI=1S/C8H10N4O/c1-5(2)7-6-3-10-11-8(13)12(6)4-9-7/h3-5H,1-2H3,(H,11,13). The Hall–Kier alpha value is -1.65. The maximum absolute atomic E-state index is 11.2. The molecule has 68 valence electrons. The zero-order valence-corrected chi connectivity index (χ0v) is 7.48. The van der Waals surface area contributed by atoms with E-state index in [-0.39, 0.29) is 5.69 Å². The van der Waals surface area contributed by atoms with Crippen LogP contribution in [0.15, 0.2) is 17.3 Å². The third-order valence-electron chi connectivity index (χ3n) is 1.95. The van der Waals surface area contributed by atoms with Gasteiger partial charge in [-0.25, -0.2) is 19.3 Å². The number of aromatic amines is 1. The van der Waals surface area contributed by atoms with Crippen LogP contribution in [0, 0.1) is 0 Å². The van der Waals surface area contributed by atoms with E-state index in [1.165, 1.54) is 10.7 Å². The van der Waals surface area contributed by atoms with Crippen molar-refractivity contribution in [2.75, 3.05) is 0 Å². The number of fused-ring (bicyclic) bond motifs is 1.